The van der Waals surface area contributed by atoms with E-state index < -0.39 is 29.0 Å². The van der Waals surface area contributed by atoms with E-state index in [0.717, 1.165) is 77.6 Å². The van der Waals surface area contributed by atoms with Crippen molar-refractivity contribution in [2.75, 3.05) is 42.1 Å². The van der Waals surface area contributed by atoms with Crippen LogP contribution in [0.5, 0.6) is 23.0 Å². The second-order valence-electron chi connectivity index (χ2n) is 18.1. The summed E-state index contributed by atoms with van der Waals surface area (Å²) in [7, 11) is 3.78. The predicted octanol–water partition coefficient (Wildman–Crippen LogP) is 12.1. The molecule has 32 heteroatoms. The maximum atomic E-state index is 11.0. The Bertz CT molecular complexity index is 3830. The number of alkyl halides is 2. The van der Waals surface area contributed by atoms with Gasteiger partial charge < -0.3 is 29.0 Å². The number of aliphatic imine (C=N–C) groups is 2. The van der Waals surface area contributed by atoms with E-state index in [1.54, 1.807) is 86.2 Å². The lowest BCUT2D eigenvalue weighted by Crippen LogP contribution is -2.29. The summed E-state index contributed by atoms with van der Waals surface area (Å²) in [5.74, 6) is 3.51. The molecule has 0 bridgehead atoms. The fourth-order valence-electron chi connectivity index (χ4n) is 7.87. The molecule has 4 heterocycles. The molecule has 3 aromatic heterocycles. The molecule has 0 aliphatic carbocycles. The van der Waals surface area contributed by atoms with Gasteiger partial charge in [-0.15, -0.1) is 24.0 Å². The number of ether oxygens (including phenoxy) is 4. The highest BCUT2D eigenvalue weighted by Gasteiger charge is 2.16. The highest BCUT2D eigenvalue weighted by atomic mass is 79.9. The van der Waals surface area contributed by atoms with Gasteiger partial charge in [0.2, 0.25) is 0 Å². The van der Waals surface area contributed by atoms with E-state index in [1.807, 2.05) is 84.9 Å². The van der Waals surface area contributed by atoms with E-state index in [-0.39, 0.29) is 42.4 Å². The van der Waals surface area contributed by atoms with Crippen LogP contribution in [0.4, 0.5) is 21.5 Å². The lowest BCUT2D eigenvalue weighted by molar-refractivity contribution is -0.385. The topological polar surface area (TPSA) is 324 Å². The van der Waals surface area contributed by atoms with Crippen molar-refractivity contribution >= 4 is 98.1 Å². The molecule has 0 fully saturated rings. The number of hydrogen-bond acceptors (Lipinski definition) is 20. The van der Waals surface area contributed by atoms with Crippen molar-refractivity contribution in [2.24, 2.45) is 9.98 Å². The number of non-ortho nitro benzene ring substituents is 3. The number of nitro groups is 3. The van der Waals surface area contributed by atoms with Crippen LogP contribution in [0.2, 0.25) is 0 Å². The van der Waals surface area contributed by atoms with Crippen molar-refractivity contribution in [3.63, 3.8) is 0 Å². The van der Waals surface area contributed by atoms with Crippen LogP contribution in [0.3, 0.4) is 0 Å². The number of aromatic nitrogens is 9. The van der Waals surface area contributed by atoms with Gasteiger partial charge in [-0.25, -0.2) is 34.0 Å². The molecule has 0 amide bonds. The summed E-state index contributed by atoms with van der Waals surface area (Å²) in [5, 5.41) is 61.7. The van der Waals surface area contributed by atoms with Crippen LogP contribution >= 0.6 is 55.9 Å². The zero-order chi connectivity index (χ0) is 66.8. The third kappa shape index (κ3) is 25.4. The van der Waals surface area contributed by atoms with E-state index in [2.05, 4.69) is 72.1 Å². The van der Waals surface area contributed by atoms with Gasteiger partial charge in [-0.2, -0.15) is 15.3 Å². The minimum Gasteiger partial charge on any atom is -0.496 e. The summed E-state index contributed by atoms with van der Waals surface area (Å²) in [5.41, 5.74) is 7.35. The van der Waals surface area contributed by atoms with Crippen molar-refractivity contribution < 1.29 is 49.5 Å². The number of nitrogens with zero attached hydrogens (tertiary/aromatic N) is 14. The van der Waals surface area contributed by atoms with Gasteiger partial charge in [0.25, 0.3) is 17.1 Å². The zero-order valence-electron chi connectivity index (χ0n) is 50.5. The Morgan fingerprint density at radius 1 is 0.570 bits per heavy atom. The van der Waals surface area contributed by atoms with E-state index in [4.69, 9.17) is 42.0 Å². The zero-order valence-corrected chi connectivity index (χ0v) is 54.2. The van der Waals surface area contributed by atoms with Gasteiger partial charge in [0, 0.05) is 59.6 Å². The SMILES string of the molecule is C.C1=NC=NC1.COc1ccc(CCl)cc1Br.COc1ccc(Cn2cncn2)cc1-c1cccc([N+](=O)[O-])c1.COc1ccc(Cn2cncn2)cc1-c1cccc([N+](=O)[O-])c1.COc1ccc(Cn2cncn2)cc1Br.Cl.O=[N+]([O-])c1cccc(B(O)O)c1.[2H]CF. The number of rotatable bonds is 17. The summed E-state index contributed by atoms with van der Waals surface area (Å²) in [6.07, 6.45) is 12.8. The molecule has 1 aliphatic heterocycles. The van der Waals surface area contributed by atoms with Crippen LogP contribution < -0.4 is 24.4 Å². The minimum atomic E-state index is -1.66. The number of methoxy groups -OCH3 is 4. The predicted molar refractivity (Wildman–Crippen MR) is 364 cm³/mol. The van der Waals surface area contributed by atoms with Crippen LogP contribution in [0.1, 0.15) is 31.1 Å². The highest BCUT2D eigenvalue weighted by molar-refractivity contribution is 9.11. The molecule has 7 aromatic carbocycles. The number of halogens is 5. The molecule has 26 nitrogen and oxygen atoms in total. The first-order valence-electron chi connectivity index (χ1n) is 27.1. The summed E-state index contributed by atoms with van der Waals surface area (Å²) < 4.78 is 43.6. The molecule has 0 unspecified atom stereocenters. The lowest BCUT2D eigenvalue weighted by Gasteiger charge is -2.11. The molecule has 0 saturated heterocycles. The molecule has 93 heavy (non-hydrogen) atoms. The van der Waals surface area contributed by atoms with Crippen molar-refractivity contribution in [3.05, 3.63) is 245 Å². The molecular formula is C61H64BBr2Cl2FN14O12. The molecule has 1 aliphatic rings. The van der Waals surface area contributed by atoms with Gasteiger partial charge in [-0.1, -0.05) is 68.1 Å². The first kappa shape index (κ1) is 75.6. The first-order chi connectivity index (χ1) is 44.4. The second kappa shape index (κ2) is 41.5. The fraction of sp³-hybridized carbons (Fsp3) is 0.180. The number of benzene rings is 7. The van der Waals surface area contributed by atoms with Gasteiger partial charge in [0.15, 0.2) is 0 Å². The Morgan fingerprint density at radius 3 is 1.25 bits per heavy atom. The maximum Gasteiger partial charge on any atom is 0.488 e. The molecule has 11 rings (SSSR count). The Kier molecular flexibility index (Phi) is 33.8. The lowest BCUT2D eigenvalue weighted by atomic mass is 9.80. The average molecular weight is 1450 g/mol. The Hall–Kier alpha value is -9.85. The van der Waals surface area contributed by atoms with Gasteiger partial charge in [-0.3, -0.25) is 39.7 Å². The average Bonchev–Trinajstić information content (AvgIpc) is 1.05. The summed E-state index contributed by atoms with van der Waals surface area (Å²) in [6, 6.07) is 41.4. The fourth-order valence-corrected chi connectivity index (χ4v) is 9.21. The second-order valence-corrected chi connectivity index (χ2v) is 20.0. The van der Waals surface area contributed by atoms with Crippen LogP contribution in [-0.2, 0) is 25.5 Å². The summed E-state index contributed by atoms with van der Waals surface area (Å²) >= 11 is 12.4. The molecular weight excluding hydrogens is 1380 g/mol. The van der Waals surface area contributed by atoms with E-state index >= 15 is 0 Å². The van der Waals surface area contributed by atoms with Crippen molar-refractivity contribution in [2.45, 2.75) is 32.9 Å². The highest BCUT2D eigenvalue weighted by Crippen LogP contribution is 2.35. The van der Waals surface area contributed by atoms with Crippen molar-refractivity contribution in [1.82, 2.24) is 44.3 Å². The molecule has 0 radical (unpaired) electrons. The standard InChI is InChI=1S/2C16H14N4O3.C10H10BrN3O.C8H8BrClO.C6H6BNO4.C3H4N2.CH3F.CH4.ClH/c2*1-23-16-6-5-12(9-19-11-17-10-18-19)7-15(16)13-3-2-4-14(8-13)20(21)22;1-15-10-3-2-8(4-9(10)11)5-14-7-12-6-13-14;1-11-8-3-2-6(5-10)4-7(8)9;9-7(10)5-2-1-3-6(4-5)8(11)12;1-2-5-3-4-1;1-2;;/h2*2-8,10-11H,9H2,1H3;2-4,6-7H,5H2,1H3;2-4H,5H2,1H3;1-4,9-10H;1,3H,2H2;1H3;1H4;1H/i;;;;;;1D;;. The van der Waals surface area contributed by atoms with E-state index in [0.29, 0.717) is 37.0 Å². The van der Waals surface area contributed by atoms with Crippen LogP contribution in [0, 0.1) is 30.3 Å². The molecule has 0 saturated carbocycles. The smallest absolute Gasteiger partial charge is 0.488 e. The molecule has 10 aromatic rings. The van der Waals surface area contributed by atoms with Crippen molar-refractivity contribution in [3.8, 4) is 45.3 Å². The Balaban J connectivity index is 0.000000303. The largest absolute Gasteiger partial charge is 0.496 e. The quantitative estimate of drug-likeness (QED) is 0.0370. The Morgan fingerprint density at radius 2 is 0.935 bits per heavy atom. The van der Waals surface area contributed by atoms with Gasteiger partial charge in [0.05, 0.1) is 86.9 Å². The molecule has 0 spiro atoms. The number of nitro benzene ring substituents is 3. The van der Waals surface area contributed by atoms with Gasteiger partial charge in [0.1, 0.15) is 67.3 Å². The summed E-state index contributed by atoms with van der Waals surface area (Å²) in [6.45, 7) is 2.61. The first-order valence-corrected chi connectivity index (χ1v) is 28.5. The van der Waals surface area contributed by atoms with Crippen LogP contribution in [0.15, 0.2) is 202 Å². The molecule has 488 valence electrons. The monoisotopic (exact) mass is 1440 g/mol. The van der Waals surface area contributed by atoms with E-state index in [9.17, 15) is 34.7 Å². The third-order valence-electron chi connectivity index (χ3n) is 12.1. The van der Waals surface area contributed by atoms with Gasteiger partial charge >= 0.3 is 7.12 Å². The maximum absolute atomic E-state index is 11.0. The normalized spacial score (nSPS) is 10.4. The minimum absolute atomic E-state index is 0. The van der Waals surface area contributed by atoms with Gasteiger partial charge in [-0.05, 0) is 119 Å². The molecule has 2 N–H and O–H groups in total. The summed E-state index contributed by atoms with van der Waals surface area (Å²) in [4.78, 5) is 49.9. The molecule has 0 atom stereocenters. The van der Waals surface area contributed by atoms with Crippen molar-refractivity contribution in [1.29, 1.82) is 0 Å². The van der Waals surface area contributed by atoms with Crippen LogP contribution in [0.25, 0.3) is 22.3 Å². The third-order valence-corrected chi connectivity index (χ3v) is 13.7. The van der Waals surface area contributed by atoms with Crippen LogP contribution in [-0.4, -0.2) is 131 Å². The van der Waals surface area contributed by atoms with E-state index in [1.165, 1.54) is 61.4 Å². The number of hydrogen-bond donors (Lipinski definition) is 2. The Labute approximate surface area is 564 Å².